The fourth-order valence-corrected chi connectivity index (χ4v) is 0.901. The van der Waals surface area contributed by atoms with Crippen LogP contribution in [0.5, 0.6) is 0 Å². The van der Waals surface area contributed by atoms with Gasteiger partial charge in [0.15, 0.2) is 0 Å². The molecule has 0 saturated carbocycles. The zero-order valence-corrected chi connectivity index (χ0v) is 6.70. The lowest BCUT2D eigenvalue weighted by molar-refractivity contribution is -0.397. The lowest BCUT2D eigenvalue weighted by Gasteiger charge is -2.05. The van der Waals surface area contributed by atoms with Crippen molar-refractivity contribution in [3.8, 4) is 0 Å². The van der Waals surface area contributed by atoms with E-state index in [2.05, 4.69) is 4.98 Å². The van der Waals surface area contributed by atoms with Crippen LogP contribution >= 0.6 is 0 Å². The maximum atomic E-state index is 10.3. The predicted octanol–water partition coefficient (Wildman–Crippen LogP) is -0.856. The van der Waals surface area contributed by atoms with Crippen LogP contribution in [0.4, 0.5) is 5.95 Å². The number of nitrogens with zero attached hydrogens (tertiary/aromatic N) is 3. The van der Waals surface area contributed by atoms with Gasteiger partial charge in [0.2, 0.25) is 0 Å². The zero-order valence-electron chi connectivity index (χ0n) is 6.70. The Kier molecular flexibility index (Phi) is 2.93. The van der Waals surface area contributed by atoms with Crippen LogP contribution in [0.1, 0.15) is 0 Å². The number of aliphatic hydroxyl groups excluding tert-OH is 2. The number of hydrogen-bond donors (Lipinski definition) is 2. The van der Waals surface area contributed by atoms with Gasteiger partial charge in [0.25, 0.3) is 0 Å². The topological polar surface area (TPSA) is 101 Å². The van der Waals surface area contributed by atoms with Crippen molar-refractivity contribution in [2.45, 2.75) is 12.6 Å². The van der Waals surface area contributed by atoms with E-state index in [0.717, 1.165) is 0 Å². The summed E-state index contributed by atoms with van der Waals surface area (Å²) in [5, 5.41) is 27.9. The molecule has 2 N–H and O–H groups in total. The Morgan fingerprint density at radius 2 is 2.46 bits per heavy atom. The normalized spacial score (nSPS) is 12.8. The molecule has 1 heterocycles. The van der Waals surface area contributed by atoms with Gasteiger partial charge >= 0.3 is 5.95 Å². The number of aliphatic hydroxyl groups is 2. The minimum absolute atomic E-state index is 0.0349. The highest BCUT2D eigenvalue weighted by molar-refractivity contribution is 5.06. The third-order valence-electron chi connectivity index (χ3n) is 1.48. The minimum Gasteiger partial charge on any atom is -0.394 e. The van der Waals surface area contributed by atoms with Crippen LogP contribution in [-0.4, -0.2) is 37.4 Å². The Bertz CT molecular complexity index is 298. The van der Waals surface area contributed by atoms with E-state index in [4.69, 9.17) is 10.2 Å². The van der Waals surface area contributed by atoms with Gasteiger partial charge in [-0.05, 0) is 4.92 Å². The molecule has 0 amide bonds. The summed E-state index contributed by atoms with van der Waals surface area (Å²) in [6.45, 7) is -0.470. The Balaban J connectivity index is 2.76. The summed E-state index contributed by atoms with van der Waals surface area (Å²) in [6, 6.07) is 0. The molecule has 0 radical (unpaired) electrons. The van der Waals surface area contributed by atoms with Gasteiger partial charge in [0.05, 0.1) is 13.2 Å². The van der Waals surface area contributed by atoms with E-state index in [9.17, 15) is 10.1 Å². The Hall–Kier alpha value is -1.47. The Morgan fingerprint density at radius 3 is 3.00 bits per heavy atom. The lowest BCUT2D eigenvalue weighted by Crippen LogP contribution is -2.20. The largest absolute Gasteiger partial charge is 0.434 e. The third kappa shape index (κ3) is 2.23. The molecule has 0 aromatic carbocycles. The van der Waals surface area contributed by atoms with E-state index in [0.29, 0.717) is 0 Å². The SMILES string of the molecule is O=[N+]([O-])c1nccn1C[14C@H](O)CO. The molecule has 13 heavy (non-hydrogen) atoms. The molecule has 0 unspecified atom stereocenters. The summed E-state index contributed by atoms with van der Waals surface area (Å²) in [5.41, 5.74) is 0. The molecule has 0 saturated heterocycles. The van der Waals surface area contributed by atoms with Gasteiger partial charge in [0, 0.05) is 0 Å². The van der Waals surface area contributed by atoms with Crippen LogP contribution in [0.15, 0.2) is 12.4 Å². The minimum atomic E-state index is -1.01. The summed E-state index contributed by atoms with van der Waals surface area (Å²) in [7, 11) is 0. The fourth-order valence-electron chi connectivity index (χ4n) is 0.901. The Morgan fingerprint density at radius 1 is 1.77 bits per heavy atom. The van der Waals surface area contributed by atoms with Crippen molar-refractivity contribution in [1.82, 2.24) is 9.55 Å². The van der Waals surface area contributed by atoms with E-state index in [1.54, 1.807) is 0 Å². The van der Waals surface area contributed by atoms with Crippen molar-refractivity contribution < 1.29 is 15.1 Å². The molecule has 1 rings (SSSR count). The van der Waals surface area contributed by atoms with E-state index >= 15 is 0 Å². The third-order valence-corrected chi connectivity index (χ3v) is 1.48. The Labute approximate surface area is 73.4 Å². The molecule has 0 aliphatic carbocycles. The highest BCUT2D eigenvalue weighted by Gasteiger charge is 2.16. The first-order valence-corrected chi connectivity index (χ1v) is 3.59. The molecule has 0 fully saturated rings. The van der Waals surface area contributed by atoms with Crippen LogP contribution < -0.4 is 0 Å². The quantitative estimate of drug-likeness (QED) is 0.474. The number of aromatic nitrogens is 2. The van der Waals surface area contributed by atoms with E-state index in [-0.39, 0.29) is 12.5 Å². The second-order valence-corrected chi connectivity index (χ2v) is 2.47. The highest BCUT2D eigenvalue weighted by atomic mass is 16.6. The van der Waals surface area contributed by atoms with E-state index in [1.165, 1.54) is 17.0 Å². The number of nitro groups is 1. The number of hydrogen-bond acceptors (Lipinski definition) is 5. The highest BCUT2D eigenvalue weighted by Crippen LogP contribution is 2.07. The van der Waals surface area contributed by atoms with Crippen molar-refractivity contribution in [3.63, 3.8) is 0 Å². The predicted molar refractivity (Wildman–Crippen MR) is 42.0 cm³/mol. The van der Waals surface area contributed by atoms with Gasteiger partial charge in [-0.2, -0.15) is 0 Å². The monoisotopic (exact) mass is 189 g/mol. The van der Waals surface area contributed by atoms with Crippen LogP contribution in [-0.2, 0) is 6.54 Å². The van der Waals surface area contributed by atoms with E-state index in [1.807, 2.05) is 0 Å². The molecule has 72 valence electrons. The van der Waals surface area contributed by atoms with Crippen LogP contribution in [0.25, 0.3) is 0 Å². The second-order valence-electron chi connectivity index (χ2n) is 2.47. The molecule has 1 aromatic heterocycles. The van der Waals surface area contributed by atoms with Crippen molar-refractivity contribution in [3.05, 3.63) is 22.5 Å². The summed E-state index contributed by atoms with van der Waals surface area (Å²) in [5.74, 6) is -0.340. The standard InChI is InChI=1S/C6H9N3O4/c10-4-5(11)3-8-2-1-7-6(8)9(12)13/h1-2,5,10-11H,3-4H2/t5-/m0/s1/i5+2. The van der Waals surface area contributed by atoms with Gasteiger partial charge in [-0.15, -0.1) is 0 Å². The van der Waals surface area contributed by atoms with E-state index < -0.39 is 17.6 Å². The molecule has 0 spiro atoms. The molecule has 1 atom stereocenters. The summed E-state index contributed by atoms with van der Waals surface area (Å²) >= 11 is 0. The van der Waals surface area contributed by atoms with Crippen molar-refractivity contribution in [2.75, 3.05) is 6.61 Å². The zero-order chi connectivity index (χ0) is 9.84. The molecule has 1 aromatic rings. The summed E-state index contributed by atoms with van der Waals surface area (Å²) in [4.78, 5) is 13.2. The van der Waals surface area contributed by atoms with Gasteiger partial charge in [-0.25, -0.2) is 4.57 Å². The van der Waals surface area contributed by atoms with Crippen LogP contribution in [0.2, 0.25) is 0 Å². The van der Waals surface area contributed by atoms with Crippen LogP contribution in [0, 0.1) is 10.1 Å². The van der Waals surface area contributed by atoms with Crippen molar-refractivity contribution in [2.24, 2.45) is 0 Å². The molecular weight excluding hydrogens is 180 g/mol. The molecule has 0 aliphatic heterocycles. The first kappa shape index (κ1) is 9.62. The summed E-state index contributed by atoms with van der Waals surface area (Å²) in [6.07, 6.45) is 1.63. The average molecular weight is 189 g/mol. The first-order chi connectivity index (χ1) is 6.15. The molecule has 0 bridgehead atoms. The maximum absolute atomic E-state index is 10.3. The van der Waals surface area contributed by atoms with Crippen molar-refractivity contribution >= 4 is 5.95 Å². The number of rotatable bonds is 4. The maximum Gasteiger partial charge on any atom is 0.434 e. The van der Waals surface area contributed by atoms with Gasteiger partial charge < -0.3 is 20.3 Å². The molecule has 7 nitrogen and oxygen atoms in total. The average Bonchev–Trinajstić information content (AvgIpc) is 2.52. The number of imidazole rings is 1. The van der Waals surface area contributed by atoms with Gasteiger partial charge in [0.1, 0.15) is 18.5 Å². The summed E-state index contributed by atoms with van der Waals surface area (Å²) < 4.78 is 1.17. The van der Waals surface area contributed by atoms with Gasteiger partial charge in [-0.3, -0.25) is 0 Å². The van der Waals surface area contributed by atoms with Crippen molar-refractivity contribution in [1.29, 1.82) is 0 Å². The lowest BCUT2D eigenvalue weighted by atomic mass is 10.8. The fraction of sp³-hybridized carbons (Fsp3) is 0.500. The van der Waals surface area contributed by atoms with Crippen LogP contribution in [0.3, 0.4) is 0 Å². The molecule has 0 aliphatic rings. The second kappa shape index (κ2) is 3.97. The van der Waals surface area contributed by atoms with Gasteiger partial charge in [-0.1, -0.05) is 4.98 Å². The smallest absolute Gasteiger partial charge is 0.394 e. The molecule has 7 heteroatoms. The first-order valence-electron chi connectivity index (χ1n) is 3.59. The molecular formula is C6H9N3O4.